The third-order valence-corrected chi connectivity index (χ3v) is 4.72. The van der Waals surface area contributed by atoms with E-state index in [1.165, 1.54) is 23.9 Å². The maximum Gasteiger partial charge on any atom is 0.191 e. The van der Waals surface area contributed by atoms with Crippen molar-refractivity contribution in [3.05, 3.63) is 54.1 Å². The van der Waals surface area contributed by atoms with Crippen LogP contribution in [0.5, 0.6) is 11.5 Å². The second-order valence-electron chi connectivity index (χ2n) is 5.32. The van der Waals surface area contributed by atoms with Crippen LogP contribution in [-0.2, 0) is 7.05 Å². The molecule has 0 aliphatic heterocycles. The number of Topliss-reactive ketones (excluding diaryl/α,β-unsaturated/α-hetero) is 1. The summed E-state index contributed by atoms with van der Waals surface area (Å²) in [5, 5.41) is 18.3. The number of ether oxygens (including phenoxy) is 1. The smallest absolute Gasteiger partial charge is 0.191 e. The molecular formula is C18H17N3O3S. The number of carbonyl (C=O) groups excluding carboxylic acids is 1. The highest BCUT2D eigenvalue weighted by molar-refractivity contribution is 7.99. The maximum absolute atomic E-state index is 12.2. The van der Waals surface area contributed by atoms with Gasteiger partial charge in [0.15, 0.2) is 16.8 Å². The second kappa shape index (κ2) is 7.40. The van der Waals surface area contributed by atoms with Gasteiger partial charge in [-0.15, -0.1) is 10.2 Å². The average molecular weight is 355 g/mol. The summed E-state index contributed by atoms with van der Waals surface area (Å²) in [5.41, 5.74) is 1.40. The molecule has 0 unspecified atom stereocenters. The standard InChI is InChI=1S/C18H17N3O3S/c1-21-17(14-5-3-4-6-16(14)24-2)19-20-18(21)25-11-15(23)12-7-9-13(22)10-8-12/h3-10,22H,11H2,1-2H3. The number of nitrogens with zero attached hydrogens (tertiary/aromatic N) is 3. The van der Waals surface area contributed by atoms with Crippen molar-refractivity contribution < 1.29 is 14.6 Å². The number of methoxy groups -OCH3 is 1. The van der Waals surface area contributed by atoms with E-state index in [1.807, 2.05) is 35.9 Å². The summed E-state index contributed by atoms with van der Waals surface area (Å²) in [6, 6.07) is 13.8. The van der Waals surface area contributed by atoms with Crippen LogP contribution >= 0.6 is 11.8 Å². The van der Waals surface area contributed by atoms with Crippen LogP contribution < -0.4 is 4.74 Å². The molecule has 0 saturated carbocycles. The molecule has 25 heavy (non-hydrogen) atoms. The van der Waals surface area contributed by atoms with Gasteiger partial charge in [-0.25, -0.2) is 0 Å². The van der Waals surface area contributed by atoms with Gasteiger partial charge in [0.05, 0.1) is 18.4 Å². The van der Waals surface area contributed by atoms with Crippen LogP contribution in [0.1, 0.15) is 10.4 Å². The van der Waals surface area contributed by atoms with Crippen molar-refractivity contribution in [3.63, 3.8) is 0 Å². The molecule has 0 amide bonds. The van der Waals surface area contributed by atoms with E-state index < -0.39 is 0 Å². The number of phenolic OH excluding ortho intramolecular Hbond substituents is 1. The minimum absolute atomic E-state index is 0.0353. The summed E-state index contributed by atoms with van der Waals surface area (Å²) in [4.78, 5) is 12.2. The molecule has 128 valence electrons. The van der Waals surface area contributed by atoms with Crippen LogP contribution in [0.15, 0.2) is 53.7 Å². The van der Waals surface area contributed by atoms with Crippen LogP contribution in [-0.4, -0.2) is 38.5 Å². The van der Waals surface area contributed by atoms with E-state index in [-0.39, 0.29) is 17.3 Å². The average Bonchev–Trinajstić information content (AvgIpc) is 3.00. The first kappa shape index (κ1) is 17.0. The zero-order valence-electron chi connectivity index (χ0n) is 13.8. The number of benzene rings is 2. The molecule has 0 atom stereocenters. The first-order valence-electron chi connectivity index (χ1n) is 7.58. The lowest BCUT2D eigenvalue weighted by Crippen LogP contribution is -2.03. The van der Waals surface area contributed by atoms with Gasteiger partial charge in [0.2, 0.25) is 0 Å². The molecule has 1 N–H and O–H groups in total. The molecule has 0 aliphatic carbocycles. The van der Waals surface area contributed by atoms with E-state index in [0.717, 1.165) is 11.3 Å². The molecule has 6 nitrogen and oxygen atoms in total. The van der Waals surface area contributed by atoms with Gasteiger partial charge in [-0.1, -0.05) is 23.9 Å². The second-order valence-corrected chi connectivity index (χ2v) is 6.27. The van der Waals surface area contributed by atoms with E-state index >= 15 is 0 Å². The summed E-state index contributed by atoms with van der Waals surface area (Å²) in [5.74, 6) is 1.74. The van der Waals surface area contributed by atoms with Crippen molar-refractivity contribution in [2.45, 2.75) is 5.16 Å². The molecule has 0 spiro atoms. The highest BCUT2D eigenvalue weighted by atomic mass is 32.2. The summed E-state index contributed by atoms with van der Waals surface area (Å²) >= 11 is 1.32. The van der Waals surface area contributed by atoms with Crippen LogP contribution in [0.4, 0.5) is 0 Å². The minimum atomic E-state index is -0.0353. The van der Waals surface area contributed by atoms with Gasteiger partial charge in [-0.2, -0.15) is 0 Å². The molecular weight excluding hydrogens is 338 g/mol. The van der Waals surface area contributed by atoms with Gasteiger partial charge in [-0.3, -0.25) is 4.79 Å². The Balaban J connectivity index is 1.75. The Labute approximate surface area is 149 Å². The number of aromatic nitrogens is 3. The summed E-state index contributed by atoms with van der Waals surface area (Å²) in [7, 11) is 3.47. The quantitative estimate of drug-likeness (QED) is 0.541. The van der Waals surface area contributed by atoms with Crippen molar-refractivity contribution in [1.29, 1.82) is 0 Å². The first-order valence-corrected chi connectivity index (χ1v) is 8.56. The SMILES string of the molecule is COc1ccccc1-c1nnc(SCC(=O)c2ccc(O)cc2)n1C. The predicted octanol–water partition coefficient (Wildman–Crippen LogP) is 3.17. The normalized spacial score (nSPS) is 10.6. The van der Waals surface area contributed by atoms with Gasteiger partial charge in [0.25, 0.3) is 0 Å². The fraction of sp³-hybridized carbons (Fsp3) is 0.167. The highest BCUT2D eigenvalue weighted by Gasteiger charge is 2.16. The zero-order valence-corrected chi connectivity index (χ0v) is 14.7. The number of carbonyl (C=O) groups is 1. The van der Waals surface area contributed by atoms with Crippen LogP contribution in [0.2, 0.25) is 0 Å². The Morgan fingerprint density at radius 1 is 1.16 bits per heavy atom. The van der Waals surface area contributed by atoms with E-state index in [4.69, 9.17) is 4.74 Å². The highest BCUT2D eigenvalue weighted by Crippen LogP contribution is 2.30. The number of aromatic hydroxyl groups is 1. The fourth-order valence-electron chi connectivity index (χ4n) is 2.37. The molecule has 0 fully saturated rings. The fourth-order valence-corrected chi connectivity index (χ4v) is 3.17. The number of thioether (sulfide) groups is 1. The third kappa shape index (κ3) is 3.66. The Morgan fingerprint density at radius 2 is 1.88 bits per heavy atom. The van der Waals surface area contributed by atoms with Crippen molar-refractivity contribution in [3.8, 4) is 22.9 Å². The van der Waals surface area contributed by atoms with Gasteiger partial charge in [-0.05, 0) is 36.4 Å². The number of rotatable bonds is 6. The molecule has 0 aliphatic rings. The van der Waals surface area contributed by atoms with Crippen molar-refractivity contribution in [2.24, 2.45) is 7.05 Å². The number of ketones is 1. The Morgan fingerprint density at radius 3 is 2.60 bits per heavy atom. The van der Waals surface area contributed by atoms with Crippen molar-refractivity contribution in [2.75, 3.05) is 12.9 Å². The van der Waals surface area contributed by atoms with Crippen LogP contribution in [0.25, 0.3) is 11.4 Å². The van der Waals surface area contributed by atoms with Gasteiger partial charge >= 0.3 is 0 Å². The largest absolute Gasteiger partial charge is 0.508 e. The first-order chi connectivity index (χ1) is 12.1. The maximum atomic E-state index is 12.2. The van der Waals surface area contributed by atoms with E-state index in [0.29, 0.717) is 16.5 Å². The molecule has 7 heteroatoms. The Bertz CT molecular complexity index is 891. The zero-order chi connectivity index (χ0) is 17.8. The Hall–Kier alpha value is -2.80. The lowest BCUT2D eigenvalue weighted by Gasteiger charge is -2.08. The lowest BCUT2D eigenvalue weighted by atomic mass is 10.1. The molecule has 1 aromatic heterocycles. The molecule has 3 aromatic rings. The van der Waals surface area contributed by atoms with E-state index in [9.17, 15) is 9.90 Å². The van der Waals surface area contributed by atoms with Gasteiger partial charge in [0, 0.05) is 12.6 Å². The predicted molar refractivity (Wildman–Crippen MR) is 96.2 cm³/mol. The third-order valence-electron chi connectivity index (χ3n) is 3.70. The molecule has 1 heterocycles. The van der Waals surface area contributed by atoms with Gasteiger partial charge < -0.3 is 14.4 Å². The van der Waals surface area contributed by atoms with E-state index in [1.54, 1.807) is 19.2 Å². The monoisotopic (exact) mass is 355 g/mol. The van der Waals surface area contributed by atoms with Gasteiger partial charge in [0.1, 0.15) is 11.5 Å². The van der Waals surface area contributed by atoms with E-state index in [2.05, 4.69) is 10.2 Å². The molecule has 0 saturated heterocycles. The molecule has 0 radical (unpaired) electrons. The van der Waals surface area contributed by atoms with Crippen LogP contribution in [0, 0.1) is 0 Å². The lowest BCUT2D eigenvalue weighted by molar-refractivity contribution is 0.102. The van der Waals surface area contributed by atoms with Crippen molar-refractivity contribution >= 4 is 17.5 Å². The summed E-state index contributed by atoms with van der Waals surface area (Å²) in [6.45, 7) is 0. The number of hydrogen-bond acceptors (Lipinski definition) is 6. The minimum Gasteiger partial charge on any atom is -0.508 e. The number of para-hydroxylation sites is 1. The van der Waals surface area contributed by atoms with Crippen LogP contribution in [0.3, 0.4) is 0 Å². The number of hydrogen-bond donors (Lipinski definition) is 1. The summed E-state index contributed by atoms with van der Waals surface area (Å²) < 4.78 is 7.21. The molecule has 2 aromatic carbocycles. The molecule has 3 rings (SSSR count). The Kier molecular flexibility index (Phi) is 5.04. The summed E-state index contributed by atoms with van der Waals surface area (Å²) in [6.07, 6.45) is 0. The number of phenols is 1. The molecule has 0 bridgehead atoms. The topological polar surface area (TPSA) is 77.2 Å². The van der Waals surface area contributed by atoms with Crippen molar-refractivity contribution in [1.82, 2.24) is 14.8 Å².